The van der Waals surface area contributed by atoms with Crippen LogP contribution in [0.4, 0.5) is 0 Å². The zero-order chi connectivity index (χ0) is 33.6. The van der Waals surface area contributed by atoms with Crippen molar-refractivity contribution in [3.05, 3.63) is 35.9 Å². The van der Waals surface area contributed by atoms with Gasteiger partial charge in [-0.15, -0.1) is 0 Å². The van der Waals surface area contributed by atoms with Crippen LogP contribution in [0.2, 0.25) is 0 Å². The molecular weight excluding hydrogens is 590 g/mol. The van der Waals surface area contributed by atoms with Crippen LogP contribution in [-0.2, 0) is 30.6 Å². The Hall–Kier alpha value is -2.46. The molecule has 9 nitrogen and oxygen atoms in total. The molecule has 0 saturated heterocycles. The number of hydrogen-bond donors (Lipinski definition) is 4. The summed E-state index contributed by atoms with van der Waals surface area (Å²) in [5, 5.41) is 20.0. The minimum Gasteiger partial charge on any atom is -0.391 e. The van der Waals surface area contributed by atoms with E-state index in [-0.39, 0.29) is 37.0 Å². The van der Waals surface area contributed by atoms with Crippen molar-refractivity contribution in [2.75, 3.05) is 18.8 Å². The zero-order valence-corrected chi connectivity index (χ0v) is 29.3. The largest absolute Gasteiger partial charge is 0.391 e. The first-order valence-corrected chi connectivity index (χ1v) is 18.6. The van der Waals surface area contributed by atoms with Gasteiger partial charge < -0.3 is 21.1 Å². The van der Waals surface area contributed by atoms with Crippen LogP contribution in [0.1, 0.15) is 105 Å². The van der Waals surface area contributed by atoms with E-state index in [1.165, 1.54) is 6.42 Å². The fourth-order valence-electron chi connectivity index (χ4n) is 5.93. The third-order valence-electron chi connectivity index (χ3n) is 9.06. The first-order chi connectivity index (χ1) is 21.1. The van der Waals surface area contributed by atoms with E-state index in [0.717, 1.165) is 44.1 Å². The molecule has 1 fully saturated rings. The number of carbonyl (C=O) groups excluding carboxylic acids is 3. The molecule has 0 heterocycles. The van der Waals surface area contributed by atoms with Gasteiger partial charge in [-0.2, -0.15) is 0 Å². The van der Waals surface area contributed by atoms with Crippen LogP contribution in [0.3, 0.4) is 0 Å². The first-order valence-electron chi connectivity index (χ1n) is 16.9. The SMILES string of the molecule is CCCCNC(=O)C(CC(O)C(CC1CCCCC1)NC(=O)CNC(=O)C(Cc1ccccc1)CS(=O)(=O)C(C)(C)C)C(C)C. The Morgan fingerprint density at radius 2 is 1.62 bits per heavy atom. The Labute approximate surface area is 272 Å². The van der Waals surface area contributed by atoms with Gasteiger partial charge in [-0.25, -0.2) is 8.42 Å². The Bertz CT molecular complexity index is 1160. The number of benzene rings is 1. The number of rotatable bonds is 18. The zero-order valence-electron chi connectivity index (χ0n) is 28.4. The van der Waals surface area contributed by atoms with E-state index in [1.807, 2.05) is 44.2 Å². The number of aliphatic hydroxyl groups excluding tert-OH is 1. The fourth-order valence-corrected chi connectivity index (χ4v) is 7.23. The number of unbranched alkanes of at least 4 members (excludes halogenated alkanes) is 1. The van der Waals surface area contributed by atoms with Gasteiger partial charge in [-0.1, -0.05) is 89.6 Å². The third-order valence-corrected chi connectivity index (χ3v) is 11.8. The van der Waals surface area contributed by atoms with Crippen LogP contribution in [0.25, 0.3) is 0 Å². The summed E-state index contributed by atoms with van der Waals surface area (Å²) in [4.78, 5) is 39.5. The molecule has 0 radical (unpaired) electrons. The monoisotopic (exact) mass is 649 g/mol. The van der Waals surface area contributed by atoms with E-state index in [2.05, 4.69) is 22.9 Å². The molecule has 4 N–H and O–H groups in total. The third kappa shape index (κ3) is 13.4. The molecule has 0 bridgehead atoms. The van der Waals surface area contributed by atoms with Crippen molar-refractivity contribution in [3.8, 4) is 0 Å². The predicted molar refractivity (Wildman–Crippen MR) is 180 cm³/mol. The van der Waals surface area contributed by atoms with Gasteiger partial charge in [-0.05, 0) is 63.9 Å². The maximum Gasteiger partial charge on any atom is 0.239 e. The molecule has 0 aromatic heterocycles. The Balaban J connectivity index is 2.13. The number of aliphatic hydroxyl groups is 1. The Morgan fingerprint density at radius 3 is 2.20 bits per heavy atom. The molecule has 256 valence electrons. The number of hydrogen-bond acceptors (Lipinski definition) is 6. The molecule has 1 aliphatic rings. The molecule has 3 amide bonds. The number of nitrogens with one attached hydrogen (secondary N) is 3. The summed E-state index contributed by atoms with van der Waals surface area (Å²) in [5.41, 5.74) is 0.834. The van der Waals surface area contributed by atoms with Gasteiger partial charge in [0.25, 0.3) is 0 Å². The van der Waals surface area contributed by atoms with Gasteiger partial charge in [0, 0.05) is 12.5 Å². The summed E-state index contributed by atoms with van der Waals surface area (Å²) >= 11 is 0. The van der Waals surface area contributed by atoms with Gasteiger partial charge in [0.05, 0.1) is 35.1 Å². The van der Waals surface area contributed by atoms with Crippen LogP contribution in [0, 0.1) is 23.7 Å². The van der Waals surface area contributed by atoms with Gasteiger partial charge in [-0.3, -0.25) is 14.4 Å². The molecule has 10 heteroatoms. The van der Waals surface area contributed by atoms with E-state index in [9.17, 15) is 27.9 Å². The van der Waals surface area contributed by atoms with Crippen LogP contribution >= 0.6 is 0 Å². The lowest BCUT2D eigenvalue weighted by Gasteiger charge is -2.32. The Morgan fingerprint density at radius 1 is 0.978 bits per heavy atom. The average molecular weight is 650 g/mol. The predicted octanol–water partition coefficient (Wildman–Crippen LogP) is 4.57. The lowest BCUT2D eigenvalue weighted by Crippen LogP contribution is -2.50. The summed E-state index contributed by atoms with van der Waals surface area (Å²) in [6.07, 6.45) is 7.47. The van der Waals surface area contributed by atoms with Gasteiger partial charge >= 0.3 is 0 Å². The van der Waals surface area contributed by atoms with Crippen molar-refractivity contribution in [2.24, 2.45) is 23.7 Å². The van der Waals surface area contributed by atoms with E-state index in [4.69, 9.17) is 0 Å². The standard InChI is InChI=1S/C35H59N3O6S/c1-7-8-19-36-34(42)29(25(2)3)22-31(39)30(21-27-17-13-10-14-18-27)38-32(40)23-37-33(41)28(20-26-15-11-9-12-16-26)24-45(43,44)35(4,5)6/h9,11-12,15-16,25,27-31,39H,7-8,10,13-14,17-24H2,1-6H3,(H,36,42)(H,37,41)(H,38,40). The second-order valence-electron chi connectivity index (χ2n) is 14.2. The summed E-state index contributed by atoms with van der Waals surface area (Å²) in [6, 6.07) is 8.67. The van der Waals surface area contributed by atoms with Crippen LogP contribution in [-0.4, -0.2) is 67.0 Å². The quantitative estimate of drug-likeness (QED) is 0.172. The number of carbonyl (C=O) groups is 3. The van der Waals surface area contributed by atoms with Crippen LogP contribution < -0.4 is 16.0 Å². The minimum absolute atomic E-state index is 0.0116. The maximum absolute atomic E-state index is 13.3. The van der Waals surface area contributed by atoms with E-state index in [1.54, 1.807) is 20.8 Å². The fraction of sp³-hybridized carbons (Fsp3) is 0.743. The van der Waals surface area contributed by atoms with E-state index < -0.39 is 50.4 Å². The lowest BCUT2D eigenvalue weighted by atomic mass is 9.81. The second kappa shape index (κ2) is 18.6. The molecule has 4 atom stereocenters. The Kier molecular flexibility index (Phi) is 16.0. The first kappa shape index (κ1) is 38.7. The normalized spacial score (nSPS) is 17.2. The topological polar surface area (TPSA) is 142 Å². The molecule has 1 aromatic rings. The smallest absolute Gasteiger partial charge is 0.239 e. The van der Waals surface area contributed by atoms with Crippen molar-refractivity contribution in [1.82, 2.24) is 16.0 Å². The van der Waals surface area contributed by atoms with Gasteiger partial charge in [0.15, 0.2) is 9.84 Å². The summed E-state index contributed by atoms with van der Waals surface area (Å²) < 4.78 is 25.1. The van der Waals surface area contributed by atoms with Gasteiger partial charge in [0.2, 0.25) is 17.7 Å². The molecular formula is C35H59N3O6S. The number of amides is 3. The summed E-state index contributed by atoms with van der Waals surface area (Å²) in [6.45, 7) is 11.1. The minimum atomic E-state index is -3.61. The molecule has 1 saturated carbocycles. The summed E-state index contributed by atoms with van der Waals surface area (Å²) in [7, 11) is -3.61. The number of sulfone groups is 1. The van der Waals surface area contributed by atoms with Crippen molar-refractivity contribution in [2.45, 2.75) is 123 Å². The highest BCUT2D eigenvalue weighted by atomic mass is 32.2. The van der Waals surface area contributed by atoms with Crippen LogP contribution in [0.15, 0.2) is 30.3 Å². The molecule has 1 aromatic carbocycles. The average Bonchev–Trinajstić information content (AvgIpc) is 2.98. The maximum atomic E-state index is 13.3. The molecule has 1 aliphatic carbocycles. The highest BCUT2D eigenvalue weighted by Crippen LogP contribution is 2.30. The highest BCUT2D eigenvalue weighted by molar-refractivity contribution is 7.92. The lowest BCUT2D eigenvalue weighted by molar-refractivity contribution is -0.129. The van der Waals surface area contributed by atoms with Crippen molar-refractivity contribution >= 4 is 27.6 Å². The second-order valence-corrected chi connectivity index (χ2v) is 17.0. The highest BCUT2D eigenvalue weighted by Gasteiger charge is 2.35. The van der Waals surface area contributed by atoms with E-state index >= 15 is 0 Å². The van der Waals surface area contributed by atoms with Crippen molar-refractivity contribution in [1.29, 1.82) is 0 Å². The molecule has 45 heavy (non-hydrogen) atoms. The molecule has 0 aliphatic heterocycles. The summed E-state index contributed by atoms with van der Waals surface area (Å²) in [5.74, 6) is -2.26. The molecule has 0 spiro atoms. The van der Waals surface area contributed by atoms with Crippen LogP contribution in [0.5, 0.6) is 0 Å². The van der Waals surface area contributed by atoms with Crippen molar-refractivity contribution < 1.29 is 27.9 Å². The van der Waals surface area contributed by atoms with Gasteiger partial charge in [0.1, 0.15) is 0 Å². The molecule has 4 unspecified atom stereocenters. The van der Waals surface area contributed by atoms with Crippen molar-refractivity contribution in [3.63, 3.8) is 0 Å². The van der Waals surface area contributed by atoms with E-state index in [0.29, 0.717) is 18.9 Å². The molecule has 2 rings (SSSR count).